The lowest BCUT2D eigenvalue weighted by atomic mass is 10.0. The van der Waals surface area contributed by atoms with Crippen LogP contribution in [0.15, 0.2) is 30.7 Å². The van der Waals surface area contributed by atoms with Gasteiger partial charge in [0.1, 0.15) is 0 Å². The summed E-state index contributed by atoms with van der Waals surface area (Å²) in [6.45, 7) is 4.51. The maximum absolute atomic E-state index is 12.3. The topological polar surface area (TPSA) is 55.1 Å². The van der Waals surface area contributed by atoms with Crippen LogP contribution in [0.2, 0.25) is 0 Å². The smallest absolute Gasteiger partial charge is 0.220 e. The fourth-order valence-electron chi connectivity index (χ4n) is 3.74. The van der Waals surface area contributed by atoms with Gasteiger partial charge in [0.05, 0.1) is 6.20 Å². The van der Waals surface area contributed by atoms with E-state index < -0.39 is 0 Å². The molecule has 0 aromatic carbocycles. The fourth-order valence-corrected chi connectivity index (χ4v) is 3.74. The van der Waals surface area contributed by atoms with E-state index in [0.29, 0.717) is 12.3 Å². The number of aromatic nitrogens is 3. The van der Waals surface area contributed by atoms with E-state index >= 15 is 0 Å². The van der Waals surface area contributed by atoms with Crippen LogP contribution in [0.3, 0.4) is 0 Å². The number of nitrogens with one attached hydrogen (secondary N) is 1. The Morgan fingerprint density at radius 1 is 1.32 bits per heavy atom. The fraction of sp³-hybridized carbons (Fsp3) is 0.579. The largest absolute Gasteiger partial charge is 0.356 e. The van der Waals surface area contributed by atoms with Gasteiger partial charge in [0, 0.05) is 69.8 Å². The van der Waals surface area contributed by atoms with Crippen LogP contribution in [0.4, 0.5) is 0 Å². The van der Waals surface area contributed by atoms with E-state index in [4.69, 9.17) is 0 Å². The van der Waals surface area contributed by atoms with Gasteiger partial charge in [-0.15, -0.1) is 0 Å². The molecule has 0 spiro atoms. The lowest BCUT2D eigenvalue weighted by Crippen LogP contribution is -2.33. The Morgan fingerprint density at radius 2 is 2.20 bits per heavy atom. The van der Waals surface area contributed by atoms with Crippen molar-refractivity contribution in [1.29, 1.82) is 0 Å². The molecule has 0 saturated heterocycles. The first-order chi connectivity index (χ1) is 12.2. The average molecular weight is 341 g/mol. The molecule has 3 heterocycles. The summed E-state index contributed by atoms with van der Waals surface area (Å²) in [6.07, 6.45) is 9.29. The molecule has 1 N–H and O–H groups in total. The third-order valence-corrected chi connectivity index (χ3v) is 5.20. The minimum absolute atomic E-state index is 0.203. The van der Waals surface area contributed by atoms with Crippen LogP contribution in [0.1, 0.15) is 30.5 Å². The molecule has 1 fully saturated rings. The Balaban J connectivity index is 1.41. The van der Waals surface area contributed by atoms with Crippen molar-refractivity contribution in [3.63, 3.8) is 0 Å². The molecule has 0 radical (unpaired) electrons. The number of carbonyl (C=O) groups is 1. The minimum Gasteiger partial charge on any atom is -0.356 e. The molecule has 2 aromatic rings. The van der Waals surface area contributed by atoms with Crippen LogP contribution < -0.4 is 5.32 Å². The van der Waals surface area contributed by atoms with Crippen LogP contribution in [-0.2, 0) is 31.5 Å². The summed E-state index contributed by atoms with van der Waals surface area (Å²) in [5.74, 6) is 1.27. The van der Waals surface area contributed by atoms with Crippen LogP contribution in [0, 0.1) is 11.8 Å². The molecule has 1 aliphatic heterocycles. The summed E-state index contributed by atoms with van der Waals surface area (Å²) >= 11 is 0. The molecule has 0 bridgehead atoms. The molecule has 4 rings (SSSR count). The number of aryl methyl sites for hydroxylation is 1. The molecule has 2 aromatic heterocycles. The molecule has 134 valence electrons. The van der Waals surface area contributed by atoms with E-state index in [2.05, 4.69) is 44.4 Å². The zero-order valence-corrected chi connectivity index (χ0v) is 14.9. The van der Waals surface area contributed by atoms with Gasteiger partial charge in [-0.3, -0.25) is 14.4 Å². The van der Waals surface area contributed by atoms with E-state index in [1.165, 1.54) is 24.1 Å². The quantitative estimate of drug-likeness (QED) is 0.871. The maximum atomic E-state index is 12.3. The summed E-state index contributed by atoms with van der Waals surface area (Å²) < 4.78 is 4.15. The summed E-state index contributed by atoms with van der Waals surface area (Å²) in [5, 5.41) is 7.39. The monoisotopic (exact) mass is 341 g/mol. The van der Waals surface area contributed by atoms with E-state index in [1.54, 1.807) is 0 Å². The van der Waals surface area contributed by atoms with E-state index in [9.17, 15) is 4.79 Å². The SMILES string of the molecule is Cn1cc(CN2Cc3cccn3C[C@H](CC(=O)NCC3CC3)C2)cn1. The molecular weight excluding hydrogens is 314 g/mol. The second-order valence-corrected chi connectivity index (χ2v) is 7.66. The number of hydrogen-bond acceptors (Lipinski definition) is 3. The highest BCUT2D eigenvalue weighted by atomic mass is 16.1. The van der Waals surface area contributed by atoms with Crippen molar-refractivity contribution in [3.05, 3.63) is 42.0 Å². The molecule has 25 heavy (non-hydrogen) atoms. The van der Waals surface area contributed by atoms with Crippen LogP contribution >= 0.6 is 0 Å². The predicted molar refractivity (Wildman–Crippen MR) is 95.6 cm³/mol. The summed E-state index contributed by atoms with van der Waals surface area (Å²) in [4.78, 5) is 14.8. The molecule has 6 nitrogen and oxygen atoms in total. The molecule has 6 heteroatoms. The Hall–Kier alpha value is -2.08. The average Bonchev–Trinajstić information content (AvgIpc) is 3.22. The minimum atomic E-state index is 0.203. The van der Waals surface area contributed by atoms with Crippen LogP contribution in [0.25, 0.3) is 0 Å². The molecule has 1 amide bonds. The third kappa shape index (κ3) is 4.31. The molecular formula is C19H27N5O. The number of hydrogen-bond donors (Lipinski definition) is 1. The summed E-state index contributed by atoms with van der Waals surface area (Å²) in [7, 11) is 1.95. The van der Waals surface area contributed by atoms with Crippen molar-refractivity contribution in [2.75, 3.05) is 13.1 Å². The molecule has 0 unspecified atom stereocenters. The second-order valence-electron chi connectivity index (χ2n) is 7.66. The second kappa shape index (κ2) is 7.04. The van der Waals surface area contributed by atoms with Gasteiger partial charge in [0.25, 0.3) is 0 Å². The maximum Gasteiger partial charge on any atom is 0.220 e. The number of rotatable bonds is 6. The standard InChI is InChI=1S/C19H27N5O/c1-22-10-17(9-21-22)12-23-11-16(7-19(25)20-8-15-4-5-15)13-24-6-2-3-18(24)14-23/h2-3,6,9-10,15-16H,4-5,7-8,11-14H2,1H3,(H,20,25)/t16-/m1/s1. The summed E-state index contributed by atoms with van der Waals surface area (Å²) in [6, 6.07) is 4.29. The highest BCUT2D eigenvalue weighted by Crippen LogP contribution is 2.27. The Labute approximate surface area is 148 Å². The first-order valence-corrected chi connectivity index (χ1v) is 9.26. The molecule has 2 aliphatic rings. The van der Waals surface area contributed by atoms with Crippen molar-refractivity contribution in [1.82, 2.24) is 24.6 Å². The Bertz CT molecular complexity index is 730. The van der Waals surface area contributed by atoms with Crippen molar-refractivity contribution in [3.8, 4) is 0 Å². The first-order valence-electron chi connectivity index (χ1n) is 9.26. The van der Waals surface area contributed by atoms with Gasteiger partial charge < -0.3 is 9.88 Å². The highest BCUT2D eigenvalue weighted by molar-refractivity contribution is 5.76. The van der Waals surface area contributed by atoms with Crippen molar-refractivity contribution < 1.29 is 4.79 Å². The van der Waals surface area contributed by atoms with Gasteiger partial charge in [-0.05, 0) is 36.8 Å². The number of fused-ring (bicyclic) bond motifs is 1. The molecule has 1 saturated carbocycles. The molecule has 1 aliphatic carbocycles. The van der Waals surface area contributed by atoms with E-state index in [0.717, 1.165) is 38.6 Å². The normalized spacial score (nSPS) is 20.9. The van der Waals surface area contributed by atoms with Crippen molar-refractivity contribution in [2.24, 2.45) is 18.9 Å². The predicted octanol–water partition coefficient (Wildman–Crippen LogP) is 1.77. The summed E-state index contributed by atoms with van der Waals surface area (Å²) in [5.41, 5.74) is 2.55. The van der Waals surface area contributed by atoms with Crippen LogP contribution in [0.5, 0.6) is 0 Å². The lowest BCUT2D eigenvalue weighted by Gasteiger charge is -2.23. The van der Waals surface area contributed by atoms with Crippen molar-refractivity contribution >= 4 is 5.91 Å². The zero-order valence-electron chi connectivity index (χ0n) is 14.9. The van der Waals surface area contributed by atoms with Gasteiger partial charge >= 0.3 is 0 Å². The van der Waals surface area contributed by atoms with Crippen LogP contribution in [-0.4, -0.2) is 38.2 Å². The highest BCUT2D eigenvalue weighted by Gasteiger charge is 2.25. The first kappa shape index (κ1) is 16.4. The molecule has 1 atom stereocenters. The van der Waals surface area contributed by atoms with Gasteiger partial charge in [0.2, 0.25) is 5.91 Å². The van der Waals surface area contributed by atoms with Gasteiger partial charge in [-0.1, -0.05) is 0 Å². The number of amides is 1. The van der Waals surface area contributed by atoms with E-state index in [-0.39, 0.29) is 5.91 Å². The lowest BCUT2D eigenvalue weighted by molar-refractivity contribution is -0.122. The Morgan fingerprint density at radius 3 is 2.96 bits per heavy atom. The van der Waals surface area contributed by atoms with Gasteiger partial charge in [-0.2, -0.15) is 5.10 Å². The van der Waals surface area contributed by atoms with E-state index in [1.807, 2.05) is 17.9 Å². The van der Waals surface area contributed by atoms with Gasteiger partial charge in [-0.25, -0.2) is 0 Å². The van der Waals surface area contributed by atoms with Crippen molar-refractivity contribution in [2.45, 2.75) is 38.9 Å². The number of carbonyl (C=O) groups excluding carboxylic acids is 1. The Kier molecular flexibility index (Phi) is 4.61. The number of nitrogens with zero attached hydrogens (tertiary/aromatic N) is 4. The van der Waals surface area contributed by atoms with Gasteiger partial charge in [0.15, 0.2) is 0 Å². The third-order valence-electron chi connectivity index (χ3n) is 5.20. The zero-order chi connectivity index (χ0) is 17.2.